The van der Waals surface area contributed by atoms with Crippen LogP contribution in [0.2, 0.25) is 0 Å². The van der Waals surface area contributed by atoms with Crippen molar-refractivity contribution in [2.75, 3.05) is 0 Å². The van der Waals surface area contributed by atoms with Gasteiger partial charge in [0.2, 0.25) is 0 Å². The summed E-state index contributed by atoms with van der Waals surface area (Å²) in [6.07, 6.45) is 5.50. The molecule has 0 atom stereocenters. The minimum absolute atomic E-state index is 0.788. The summed E-state index contributed by atoms with van der Waals surface area (Å²) in [6, 6.07) is 6.23. The third-order valence-corrected chi connectivity index (χ3v) is 4.65. The molecule has 21 heavy (non-hydrogen) atoms. The minimum Gasteiger partial charge on any atom is -0.308 e. The first-order valence-corrected chi connectivity index (χ1v) is 7.75. The van der Waals surface area contributed by atoms with Gasteiger partial charge < -0.3 is 5.32 Å². The third-order valence-electron chi connectivity index (χ3n) is 3.50. The Hall–Kier alpha value is -1.98. The van der Waals surface area contributed by atoms with Gasteiger partial charge in [0.15, 0.2) is 0 Å². The SMILES string of the molecule is Cc1cc(CNCc2cn[nH]c2-c2cccnc2)sc1C. The summed E-state index contributed by atoms with van der Waals surface area (Å²) in [7, 11) is 0. The fourth-order valence-corrected chi connectivity index (χ4v) is 3.29. The molecule has 0 radical (unpaired) electrons. The molecule has 0 saturated carbocycles. The van der Waals surface area contributed by atoms with Gasteiger partial charge >= 0.3 is 0 Å². The zero-order valence-electron chi connectivity index (χ0n) is 12.2. The highest BCUT2D eigenvalue weighted by Crippen LogP contribution is 2.22. The smallest absolute Gasteiger partial charge is 0.0710 e. The highest BCUT2D eigenvalue weighted by Gasteiger charge is 2.08. The van der Waals surface area contributed by atoms with Crippen LogP contribution in [0.5, 0.6) is 0 Å². The van der Waals surface area contributed by atoms with Crippen molar-refractivity contribution >= 4 is 11.3 Å². The number of H-pyrrole nitrogens is 1. The molecular weight excluding hydrogens is 280 g/mol. The standard InChI is InChI=1S/C16H18N4S/c1-11-6-15(21-12(11)2)10-18-8-14-9-19-20-16(14)13-4-3-5-17-7-13/h3-7,9,18H,8,10H2,1-2H3,(H,19,20). The fraction of sp³-hybridized carbons (Fsp3) is 0.250. The average Bonchev–Trinajstić information content (AvgIpc) is 3.08. The van der Waals surface area contributed by atoms with Crippen molar-refractivity contribution in [2.24, 2.45) is 0 Å². The third kappa shape index (κ3) is 3.20. The van der Waals surface area contributed by atoms with Crippen LogP contribution in [0, 0.1) is 13.8 Å². The molecule has 0 bridgehead atoms. The highest BCUT2D eigenvalue weighted by atomic mass is 32.1. The van der Waals surface area contributed by atoms with Crippen molar-refractivity contribution in [1.29, 1.82) is 0 Å². The summed E-state index contributed by atoms with van der Waals surface area (Å²) in [5.41, 5.74) is 4.63. The second kappa shape index (κ2) is 6.20. The first kappa shape index (κ1) is 14.0. The number of aromatic nitrogens is 3. The number of thiophene rings is 1. The minimum atomic E-state index is 0.788. The van der Waals surface area contributed by atoms with Crippen molar-refractivity contribution in [2.45, 2.75) is 26.9 Å². The molecule has 0 aromatic carbocycles. The summed E-state index contributed by atoms with van der Waals surface area (Å²) in [5, 5.41) is 10.7. The van der Waals surface area contributed by atoms with Gasteiger partial charge in [0.05, 0.1) is 11.9 Å². The van der Waals surface area contributed by atoms with Gasteiger partial charge in [0.1, 0.15) is 0 Å². The van der Waals surface area contributed by atoms with Crippen molar-refractivity contribution in [1.82, 2.24) is 20.5 Å². The maximum Gasteiger partial charge on any atom is 0.0710 e. The Morgan fingerprint density at radius 1 is 1.24 bits per heavy atom. The number of hydrogen-bond acceptors (Lipinski definition) is 4. The van der Waals surface area contributed by atoms with Crippen LogP contribution in [0.1, 0.15) is 20.9 Å². The quantitative estimate of drug-likeness (QED) is 0.758. The number of nitrogens with zero attached hydrogens (tertiary/aromatic N) is 2. The molecule has 0 unspecified atom stereocenters. The normalized spacial score (nSPS) is 11.0. The van der Waals surface area contributed by atoms with E-state index < -0.39 is 0 Å². The van der Waals surface area contributed by atoms with E-state index in [2.05, 4.69) is 40.4 Å². The maximum atomic E-state index is 4.16. The number of aryl methyl sites for hydroxylation is 2. The first-order chi connectivity index (χ1) is 10.2. The molecule has 0 amide bonds. The molecule has 4 nitrogen and oxygen atoms in total. The highest BCUT2D eigenvalue weighted by molar-refractivity contribution is 7.12. The molecule has 0 spiro atoms. The predicted molar refractivity (Wildman–Crippen MR) is 86.2 cm³/mol. The monoisotopic (exact) mass is 298 g/mol. The van der Waals surface area contributed by atoms with Crippen LogP contribution in [0.15, 0.2) is 36.8 Å². The summed E-state index contributed by atoms with van der Waals surface area (Å²) < 4.78 is 0. The Labute approximate surface area is 128 Å². The molecule has 3 rings (SSSR count). The fourth-order valence-electron chi connectivity index (χ4n) is 2.26. The summed E-state index contributed by atoms with van der Waals surface area (Å²) >= 11 is 1.86. The Balaban J connectivity index is 1.65. The lowest BCUT2D eigenvalue weighted by molar-refractivity contribution is 0.702. The van der Waals surface area contributed by atoms with E-state index in [-0.39, 0.29) is 0 Å². The number of hydrogen-bond donors (Lipinski definition) is 2. The van der Waals surface area contributed by atoms with Gasteiger partial charge in [-0.25, -0.2) is 0 Å². The average molecular weight is 298 g/mol. The van der Waals surface area contributed by atoms with Gasteiger partial charge in [-0.15, -0.1) is 11.3 Å². The second-order valence-corrected chi connectivity index (χ2v) is 6.41. The molecule has 2 N–H and O–H groups in total. The lowest BCUT2D eigenvalue weighted by Crippen LogP contribution is -2.11. The number of nitrogens with one attached hydrogen (secondary N) is 2. The van der Waals surface area contributed by atoms with E-state index in [0.29, 0.717) is 0 Å². The van der Waals surface area contributed by atoms with Crippen LogP contribution in [-0.4, -0.2) is 15.2 Å². The van der Waals surface area contributed by atoms with Gasteiger partial charge in [-0.2, -0.15) is 5.10 Å². The zero-order chi connectivity index (χ0) is 14.7. The van der Waals surface area contributed by atoms with Crippen LogP contribution in [0.3, 0.4) is 0 Å². The van der Waals surface area contributed by atoms with Crippen LogP contribution in [0.4, 0.5) is 0 Å². The Bertz CT molecular complexity index is 695. The molecule has 0 aliphatic carbocycles. The molecule has 5 heteroatoms. The molecule has 0 fully saturated rings. The van der Waals surface area contributed by atoms with E-state index in [4.69, 9.17) is 0 Å². The molecule has 0 aliphatic rings. The summed E-state index contributed by atoms with van der Waals surface area (Å²) in [6.45, 7) is 6.00. The van der Waals surface area contributed by atoms with Gasteiger partial charge in [-0.3, -0.25) is 10.1 Å². The van der Waals surface area contributed by atoms with Gasteiger partial charge in [-0.1, -0.05) is 0 Å². The lowest BCUT2D eigenvalue weighted by atomic mass is 10.1. The maximum absolute atomic E-state index is 4.16. The Kier molecular flexibility index (Phi) is 4.13. The van der Waals surface area contributed by atoms with Crippen molar-refractivity contribution in [3.63, 3.8) is 0 Å². The molecule has 0 aliphatic heterocycles. The zero-order valence-corrected chi connectivity index (χ0v) is 13.0. The predicted octanol–water partition coefficient (Wildman–Crippen LogP) is 3.44. The Morgan fingerprint density at radius 3 is 2.86 bits per heavy atom. The second-order valence-electron chi connectivity index (χ2n) is 5.07. The van der Waals surface area contributed by atoms with E-state index >= 15 is 0 Å². The number of aromatic amines is 1. The lowest BCUT2D eigenvalue weighted by Gasteiger charge is -2.04. The van der Waals surface area contributed by atoms with Crippen molar-refractivity contribution in [3.8, 4) is 11.3 Å². The molecule has 3 heterocycles. The van der Waals surface area contributed by atoms with E-state index in [1.807, 2.05) is 35.9 Å². The molecule has 3 aromatic rings. The summed E-state index contributed by atoms with van der Waals surface area (Å²) in [5.74, 6) is 0. The van der Waals surface area contributed by atoms with E-state index in [0.717, 1.165) is 29.9 Å². The topological polar surface area (TPSA) is 53.6 Å². The largest absolute Gasteiger partial charge is 0.308 e. The number of rotatable bonds is 5. The van der Waals surface area contributed by atoms with Crippen LogP contribution in [0.25, 0.3) is 11.3 Å². The van der Waals surface area contributed by atoms with Crippen molar-refractivity contribution < 1.29 is 0 Å². The molecule has 108 valence electrons. The van der Waals surface area contributed by atoms with Gasteiger partial charge in [0.25, 0.3) is 0 Å². The van der Waals surface area contributed by atoms with E-state index in [9.17, 15) is 0 Å². The van der Waals surface area contributed by atoms with Crippen LogP contribution >= 0.6 is 11.3 Å². The first-order valence-electron chi connectivity index (χ1n) is 6.93. The van der Waals surface area contributed by atoms with E-state index in [1.54, 1.807) is 6.20 Å². The Morgan fingerprint density at radius 2 is 2.14 bits per heavy atom. The van der Waals surface area contributed by atoms with Crippen LogP contribution in [-0.2, 0) is 13.1 Å². The van der Waals surface area contributed by atoms with E-state index in [1.165, 1.54) is 15.3 Å². The number of pyridine rings is 1. The van der Waals surface area contributed by atoms with Crippen molar-refractivity contribution in [3.05, 3.63) is 57.7 Å². The van der Waals surface area contributed by atoms with Gasteiger partial charge in [0, 0.05) is 46.4 Å². The molecule has 0 saturated heterocycles. The molecule has 3 aromatic heterocycles. The summed E-state index contributed by atoms with van der Waals surface area (Å²) in [4.78, 5) is 6.92. The van der Waals surface area contributed by atoms with Gasteiger partial charge in [-0.05, 0) is 37.6 Å². The van der Waals surface area contributed by atoms with Crippen LogP contribution < -0.4 is 5.32 Å². The molecular formula is C16H18N4S.